The van der Waals surface area contributed by atoms with Gasteiger partial charge in [0.2, 0.25) is 0 Å². The topological polar surface area (TPSA) is 72.0 Å². The number of aryl methyl sites for hydroxylation is 1. The first-order valence-electron chi connectivity index (χ1n) is 8.26. The Balaban J connectivity index is 0.00000576. The summed E-state index contributed by atoms with van der Waals surface area (Å²) in [6, 6.07) is 6.16. The maximum atomic E-state index is 11.4. The minimum Gasteiger partial charge on any atom is -0.493 e. The fraction of sp³-hybridized carbons (Fsp3) is 0.556. The third kappa shape index (κ3) is 8.42. The molecule has 0 heterocycles. The van der Waals surface area contributed by atoms with Crippen LogP contribution >= 0.6 is 24.0 Å². The van der Waals surface area contributed by atoms with E-state index in [1.807, 2.05) is 19.9 Å². The Morgan fingerprint density at radius 1 is 1.32 bits per heavy atom. The van der Waals surface area contributed by atoms with Crippen LogP contribution in [-0.2, 0) is 16.1 Å². The fourth-order valence-corrected chi connectivity index (χ4v) is 2.09. The van der Waals surface area contributed by atoms with E-state index in [0.29, 0.717) is 25.7 Å². The van der Waals surface area contributed by atoms with Crippen molar-refractivity contribution < 1.29 is 14.3 Å². The molecule has 25 heavy (non-hydrogen) atoms. The number of esters is 1. The second kappa shape index (κ2) is 12.8. The highest BCUT2D eigenvalue weighted by atomic mass is 127. The van der Waals surface area contributed by atoms with Crippen LogP contribution in [-0.4, -0.2) is 39.2 Å². The quantitative estimate of drug-likeness (QED) is 0.269. The summed E-state index contributed by atoms with van der Waals surface area (Å²) >= 11 is 0. The minimum absolute atomic E-state index is 0. The Morgan fingerprint density at radius 2 is 2.04 bits per heavy atom. The van der Waals surface area contributed by atoms with Gasteiger partial charge in [-0.05, 0) is 25.0 Å². The maximum absolute atomic E-state index is 11.4. The zero-order valence-corrected chi connectivity index (χ0v) is 18.0. The Bertz CT molecular complexity index is 564. The van der Waals surface area contributed by atoms with Gasteiger partial charge in [0.15, 0.2) is 5.96 Å². The molecule has 0 bridgehead atoms. The summed E-state index contributed by atoms with van der Waals surface area (Å²) in [5, 5.41) is 6.37. The lowest BCUT2D eigenvalue weighted by atomic mass is 10.1. The van der Waals surface area contributed by atoms with Crippen LogP contribution in [0.4, 0.5) is 0 Å². The van der Waals surface area contributed by atoms with Crippen LogP contribution in [0.15, 0.2) is 23.2 Å². The lowest BCUT2D eigenvalue weighted by molar-refractivity contribution is -0.144. The van der Waals surface area contributed by atoms with E-state index in [2.05, 4.69) is 34.7 Å². The van der Waals surface area contributed by atoms with Gasteiger partial charge in [-0.25, -0.2) is 0 Å². The number of benzene rings is 1. The van der Waals surface area contributed by atoms with Crippen molar-refractivity contribution in [2.45, 2.75) is 33.7 Å². The highest BCUT2D eigenvalue weighted by molar-refractivity contribution is 14.0. The highest BCUT2D eigenvalue weighted by Gasteiger charge is 2.13. The van der Waals surface area contributed by atoms with Gasteiger partial charge >= 0.3 is 5.97 Å². The normalized spacial score (nSPS) is 12.0. The summed E-state index contributed by atoms with van der Waals surface area (Å²) in [4.78, 5) is 15.6. The van der Waals surface area contributed by atoms with Crippen molar-refractivity contribution in [1.29, 1.82) is 0 Å². The number of hydrogen-bond acceptors (Lipinski definition) is 4. The van der Waals surface area contributed by atoms with E-state index in [4.69, 9.17) is 9.47 Å². The van der Waals surface area contributed by atoms with Crippen molar-refractivity contribution in [3.63, 3.8) is 0 Å². The first kappa shape index (κ1) is 23.5. The van der Waals surface area contributed by atoms with Crippen molar-refractivity contribution in [2.24, 2.45) is 10.9 Å². The second-order valence-electron chi connectivity index (χ2n) is 5.69. The van der Waals surface area contributed by atoms with Gasteiger partial charge in [-0.1, -0.05) is 26.0 Å². The second-order valence-corrected chi connectivity index (χ2v) is 5.69. The number of halogens is 1. The van der Waals surface area contributed by atoms with Crippen LogP contribution in [0.25, 0.3) is 0 Å². The largest absolute Gasteiger partial charge is 0.493 e. The summed E-state index contributed by atoms with van der Waals surface area (Å²) in [6.45, 7) is 7.68. The Labute approximate surface area is 167 Å². The lowest BCUT2D eigenvalue weighted by Crippen LogP contribution is -2.40. The molecule has 0 saturated carbocycles. The fourth-order valence-electron chi connectivity index (χ4n) is 2.09. The molecule has 0 aliphatic carbocycles. The molecule has 1 aromatic carbocycles. The summed E-state index contributed by atoms with van der Waals surface area (Å²) in [6.07, 6.45) is 0.968. The molecule has 0 aromatic heterocycles. The minimum atomic E-state index is -0.244. The summed E-state index contributed by atoms with van der Waals surface area (Å²) < 4.78 is 10.5. The molecule has 0 saturated heterocycles. The number of ether oxygens (including phenoxy) is 2. The number of nitrogens with one attached hydrogen (secondary N) is 2. The van der Waals surface area contributed by atoms with Gasteiger partial charge in [-0.3, -0.25) is 9.79 Å². The van der Waals surface area contributed by atoms with E-state index < -0.39 is 0 Å². The molecule has 0 radical (unpaired) electrons. The van der Waals surface area contributed by atoms with Gasteiger partial charge in [0.1, 0.15) is 5.75 Å². The number of rotatable bonds is 8. The molecule has 6 nitrogen and oxygen atoms in total. The zero-order valence-electron chi connectivity index (χ0n) is 15.7. The molecule has 0 fully saturated rings. The molecule has 2 N–H and O–H groups in total. The lowest BCUT2D eigenvalue weighted by Gasteiger charge is -2.16. The molecule has 0 aliphatic heterocycles. The number of aliphatic imine (C=N–C) groups is 1. The van der Waals surface area contributed by atoms with Crippen LogP contribution < -0.4 is 15.4 Å². The Kier molecular flexibility index (Phi) is 12.0. The number of carbonyl (C=O) groups excluding carboxylic acids is 1. The average molecular weight is 463 g/mol. The zero-order chi connectivity index (χ0) is 17.9. The van der Waals surface area contributed by atoms with Gasteiger partial charge in [-0.15, -0.1) is 24.0 Å². The molecule has 1 atom stereocenters. The number of nitrogens with zero attached hydrogens (tertiary/aromatic N) is 1. The highest BCUT2D eigenvalue weighted by Crippen LogP contribution is 2.20. The van der Waals surface area contributed by atoms with Crippen LogP contribution in [0.2, 0.25) is 0 Å². The third-order valence-corrected chi connectivity index (χ3v) is 3.53. The van der Waals surface area contributed by atoms with Crippen LogP contribution in [0.3, 0.4) is 0 Å². The summed E-state index contributed by atoms with van der Waals surface area (Å²) in [5.74, 6) is 1.04. The van der Waals surface area contributed by atoms with E-state index in [0.717, 1.165) is 17.7 Å². The first-order valence-corrected chi connectivity index (χ1v) is 8.26. The molecule has 0 spiro atoms. The number of methoxy groups -OCH3 is 1. The van der Waals surface area contributed by atoms with Crippen molar-refractivity contribution in [1.82, 2.24) is 10.6 Å². The summed E-state index contributed by atoms with van der Waals surface area (Å²) in [5.41, 5.74) is 2.23. The number of hydrogen-bond donors (Lipinski definition) is 2. The Morgan fingerprint density at radius 3 is 2.64 bits per heavy atom. The molecule has 0 aliphatic rings. The SMILES string of the molecule is CCCOc1cc(C)ccc1CNC(=NC)NCC(C)C(=O)OC.I. The molecule has 1 unspecified atom stereocenters. The van der Waals surface area contributed by atoms with E-state index in [-0.39, 0.29) is 35.9 Å². The molecule has 0 amide bonds. The molecule has 7 heteroatoms. The van der Waals surface area contributed by atoms with Crippen LogP contribution in [0, 0.1) is 12.8 Å². The van der Waals surface area contributed by atoms with Gasteiger partial charge in [-0.2, -0.15) is 0 Å². The Hall–Kier alpha value is -1.51. The number of guanidine groups is 1. The van der Waals surface area contributed by atoms with Gasteiger partial charge in [0, 0.05) is 25.7 Å². The van der Waals surface area contributed by atoms with Crippen molar-refractivity contribution in [3.05, 3.63) is 29.3 Å². The number of carbonyl (C=O) groups is 1. The van der Waals surface area contributed by atoms with Crippen LogP contribution in [0.5, 0.6) is 5.75 Å². The van der Waals surface area contributed by atoms with E-state index in [1.165, 1.54) is 12.7 Å². The average Bonchev–Trinajstić information content (AvgIpc) is 2.60. The smallest absolute Gasteiger partial charge is 0.310 e. The summed E-state index contributed by atoms with van der Waals surface area (Å²) in [7, 11) is 3.09. The first-order chi connectivity index (χ1) is 11.5. The van der Waals surface area contributed by atoms with Crippen molar-refractivity contribution >= 4 is 35.9 Å². The molecular weight excluding hydrogens is 433 g/mol. The maximum Gasteiger partial charge on any atom is 0.310 e. The van der Waals surface area contributed by atoms with E-state index in [9.17, 15) is 4.79 Å². The van der Waals surface area contributed by atoms with E-state index >= 15 is 0 Å². The van der Waals surface area contributed by atoms with Gasteiger partial charge in [0.25, 0.3) is 0 Å². The van der Waals surface area contributed by atoms with E-state index in [1.54, 1.807) is 7.05 Å². The molecular formula is C18H30IN3O3. The van der Waals surface area contributed by atoms with Crippen LogP contribution in [0.1, 0.15) is 31.4 Å². The standard InChI is InChI=1S/C18H29N3O3.HI/c1-6-9-24-16-10-13(2)7-8-15(16)12-21-18(19-4)20-11-14(3)17(22)23-5;/h7-8,10,14H,6,9,11-12H2,1-5H3,(H2,19,20,21);1H. The van der Waals surface area contributed by atoms with Crippen molar-refractivity contribution in [3.8, 4) is 5.75 Å². The molecule has 142 valence electrons. The molecule has 1 aromatic rings. The van der Waals surface area contributed by atoms with Gasteiger partial charge < -0.3 is 20.1 Å². The molecule has 1 rings (SSSR count). The predicted octanol–water partition coefficient (Wildman–Crippen LogP) is 2.88. The van der Waals surface area contributed by atoms with Crippen molar-refractivity contribution in [2.75, 3.05) is 27.3 Å². The van der Waals surface area contributed by atoms with Gasteiger partial charge in [0.05, 0.1) is 19.6 Å². The monoisotopic (exact) mass is 463 g/mol. The third-order valence-electron chi connectivity index (χ3n) is 3.53. The predicted molar refractivity (Wildman–Crippen MR) is 112 cm³/mol.